The van der Waals surface area contributed by atoms with Crippen molar-refractivity contribution in [2.24, 2.45) is 0 Å². The number of hydrogen-bond acceptors (Lipinski definition) is 7. The normalized spacial score (nSPS) is 10.6. The molecule has 2 N–H and O–H groups in total. The van der Waals surface area contributed by atoms with Crippen LogP contribution < -0.4 is 10.5 Å². The topological polar surface area (TPSA) is 100.0 Å². The number of benzene rings is 1. The Hall–Kier alpha value is -2.67. The highest BCUT2D eigenvalue weighted by Gasteiger charge is 2.14. The Morgan fingerprint density at radius 2 is 2.05 bits per heavy atom. The molecule has 0 saturated carbocycles. The molecule has 0 saturated heterocycles. The van der Waals surface area contributed by atoms with Crippen molar-refractivity contribution in [1.29, 1.82) is 0 Å². The highest BCUT2D eigenvalue weighted by atomic mass is 35.5. The van der Waals surface area contributed by atoms with Crippen molar-refractivity contribution in [2.45, 2.75) is 0 Å². The summed E-state index contributed by atoms with van der Waals surface area (Å²) in [5, 5.41) is 12.2. The molecule has 0 bridgehead atoms. The van der Waals surface area contributed by atoms with E-state index in [1.807, 2.05) is 0 Å². The van der Waals surface area contributed by atoms with E-state index in [2.05, 4.69) is 20.3 Å². The Bertz CT molecular complexity index is 772. The number of rotatable bonds is 3. The van der Waals surface area contributed by atoms with Crippen molar-refractivity contribution < 1.29 is 9.26 Å². The SMILES string of the molecule is COc1ccc(-c2noc(-c3ccc(Cl)cc3N)n2)nn1. The van der Waals surface area contributed by atoms with Crippen LogP contribution in [0.2, 0.25) is 5.02 Å². The van der Waals surface area contributed by atoms with E-state index in [0.29, 0.717) is 33.7 Å². The van der Waals surface area contributed by atoms with Gasteiger partial charge in [0.25, 0.3) is 5.89 Å². The Labute approximate surface area is 124 Å². The molecule has 2 heterocycles. The average Bonchev–Trinajstić information content (AvgIpc) is 2.97. The Kier molecular flexibility index (Phi) is 3.41. The summed E-state index contributed by atoms with van der Waals surface area (Å²) in [5.74, 6) is 1.01. The third-order valence-corrected chi connectivity index (χ3v) is 2.98. The van der Waals surface area contributed by atoms with Crippen LogP contribution in [0.15, 0.2) is 34.9 Å². The van der Waals surface area contributed by atoms with Crippen LogP contribution in [0, 0.1) is 0 Å². The zero-order valence-corrected chi connectivity index (χ0v) is 11.7. The van der Waals surface area contributed by atoms with Gasteiger partial charge in [-0.05, 0) is 24.3 Å². The molecular formula is C13H10ClN5O2. The maximum absolute atomic E-state index is 5.88. The third kappa shape index (κ3) is 2.63. The van der Waals surface area contributed by atoms with Crippen LogP contribution in [-0.2, 0) is 0 Å². The smallest absolute Gasteiger partial charge is 0.260 e. The zero-order chi connectivity index (χ0) is 14.8. The quantitative estimate of drug-likeness (QED) is 0.742. The first-order valence-corrected chi connectivity index (χ1v) is 6.32. The maximum Gasteiger partial charge on any atom is 0.260 e. The molecule has 106 valence electrons. The van der Waals surface area contributed by atoms with E-state index in [-0.39, 0.29) is 5.89 Å². The predicted octanol–water partition coefficient (Wildman–Crippen LogP) is 2.44. The molecule has 2 aromatic heterocycles. The Balaban J connectivity index is 1.95. The van der Waals surface area contributed by atoms with Crippen LogP contribution in [0.5, 0.6) is 5.88 Å². The van der Waals surface area contributed by atoms with E-state index in [0.717, 1.165) is 0 Å². The van der Waals surface area contributed by atoms with Crippen LogP contribution in [-0.4, -0.2) is 27.4 Å². The molecule has 0 radical (unpaired) electrons. The standard InChI is InChI=1S/C13H10ClN5O2/c1-20-11-5-4-10(17-18-11)12-16-13(21-19-12)8-3-2-7(14)6-9(8)15/h2-6H,15H2,1H3. The minimum Gasteiger partial charge on any atom is -0.480 e. The highest BCUT2D eigenvalue weighted by Crippen LogP contribution is 2.28. The second-order valence-corrected chi connectivity index (χ2v) is 4.55. The Morgan fingerprint density at radius 1 is 1.19 bits per heavy atom. The third-order valence-electron chi connectivity index (χ3n) is 2.75. The minimum atomic E-state index is 0.289. The Morgan fingerprint density at radius 3 is 2.71 bits per heavy atom. The lowest BCUT2D eigenvalue weighted by Crippen LogP contribution is -1.93. The lowest BCUT2D eigenvalue weighted by Gasteiger charge is -2.00. The molecule has 0 spiro atoms. The minimum absolute atomic E-state index is 0.289. The number of anilines is 1. The highest BCUT2D eigenvalue weighted by molar-refractivity contribution is 6.31. The molecule has 0 unspecified atom stereocenters. The van der Waals surface area contributed by atoms with Gasteiger partial charge in [-0.1, -0.05) is 16.8 Å². The number of nitrogens with zero attached hydrogens (tertiary/aromatic N) is 4. The summed E-state index contributed by atoms with van der Waals surface area (Å²) >= 11 is 5.86. The first-order valence-electron chi connectivity index (χ1n) is 5.94. The van der Waals surface area contributed by atoms with E-state index in [1.165, 1.54) is 7.11 Å². The van der Waals surface area contributed by atoms with Gasteiger partial charge in [0.15, 0.2) is 0 Å². The van der Waals surface area contributed by atoms with E-state index in [9.17, 15) is 0 Å². The fraction of sp³-hybridized carbons (Fsp3) is 0.0769. The second-order valence-electron chi connectivity index (χ2n) is 4.12. The molecule has 8 heteroatoms. The number of nitrogens with two attached hydrogens (primary N) is 1. The largest absolute Gasteiger partial charge is 0.480 e. The lowest BCUT2D eigenvalue weighted by atomic mass is 10.2. The summed E-state index contributed by atoms with van der Waals surface area (Å²) in [6.45, 7) is 0. The summed E-state index contributed by atoms with van der Waals surface area (Å²) in [6.07, 6.45) is 0. The number of hydrogen-bond donors (Lipinski definition) is 1. The van der Waals surface area contributed by atoms with Crippen molar-refractivity contribution >= 4 is 17.3 Å². The van der Waals surface area contributed by atoms with Gasteiger partial charge in [-0.15, -0.1) is 10.2 Å². The first kappa shape index (κ1) is 13.3. The van der Waals surface area contributed by atoms with Gasteiger partial charge in [-0.25, -0.2) is 0 Å². The van der Waals surface area contributed by atoms with Crippen LogP contribution in [0.25, 0.3) is 23.0 Å². The van der Waals surface area contributed by atoms with Crippen molar-refractivity contribution in [2.75, 3.05) is 12.8 Å². The van der Waals surface area contributed by atoms with Crippen LogP contribution in [0.4, 0.5) is 5.69 Å². The maximum atomic E-state index is 5.88. The molecule has 0 fully saturated rings. The number of ether oxygens (including phenoxy) is 1. The van der Waals surface area contributed by atoms with Crippen molar-refractivity contribution in [3.05, 3.63) is 35.4 Å². The van der Waals surface area contributed by atoms with Crippen molar-refractivity contribution in [1.82, 2.24) is 20.3 Å². The summed E-state index contributed by atoms with van der Waals surface area (Å²) < 4.78 is 10.1. The monoisotopic (exact) mass is 303 g/mol. The fourth-order valence-electron chi connectivity index (χ4n) is 1.71. The van der Waals surface area contributed by atoms with E-state index in [4.69, 9.17) is 26.6 Å². The fourth-order valence-corrected chi connectivity index (χ4v) is 1.89. The van der Waals surface area contributed by atoms with Crippen LogP contribution >= 0.6 is 11.6 Å². The number of methoxy groups -OCH3 is 1. The van der Waals surface area contributed by atoms with Gasteiger partial charge in [0.2, 0.25) is 11.7 Å². The van der Waals surface area contributed by atoms with Gasteiger partial charge in [0.05, 0.1) is 12.7 Å². The van der Waals surface area contributed by atoms with Crippen molar-refractivity contribution in [3.63, 3.8) is 0 Å². The van der Waals surface area contributed by atoms with Crippen molar-refractivity contribution in [3.8, 4) is 28.9 Å². The molecule has 3 aromatic rings. The summed E-state index contributed by atoms with van der Waals surface area (Å²) in [4.78, 5) is 4.25. The predicted molar refractivity (Wildman–Crippen MR) is 76.7 cm³/mol. The zero-order valence-electron chi connectivity index (χ0n) is 10.9. The second kappa shape index (κ2) is 5.37. The lowest BCUT2D eigenvalue weighted by molar-refractivity contribution is 0.392. The van der Waals surface area contributed by atoms with Gasteiger partial charge < -0.3 is 15.0 Å². The molecule has 0 atom stereocenters. The summed E-state index contributed by atoms with van der Waals surface area (Å²) in [7, 11) is 1.51. The van der Waals surface area contributed by atoms with Crippen LogP contribution in [0.1, 0.15) is 0 Å². The molecule has 3 rings (SSSR count). The van der Waals surface area contributed by atoms with Gasteiger partial charge in [-0.3, -0.25) is 0 Å². The molecule has 0 amide bonds. The molecule has 7 nitrogen and oxygen atoms in total. The van der Waals surface area contributed by atoms with Gasteiger partial charge in [0.1, 0.15) is 5.69 Å². The molecule has 1 aromatic carbocycles. The first-order chi connectivity index (χ1) is 10.2. The molecule has 0 aliphatic heterocycles. The molecule has 0 aliphatic carbocycles. The number of halogens is 1. The number of nitrogen functional groups attached to an aromatic ring is 1. The van der Waals surface area contributed by atoms with Gasteiger partial charge >= 0.3 is 0 Å². The summed E-state index contributed by atoms with van der Waals surface area (Å²) in [5.41, 5.74) is 7.42. The molecule has 21 heavy (non-hydrogen) atoms. The van der Waals surface area contributed by atoms with E-state index >= 15 is 0 Å². The van der Waals surface area contributed by atoms with E-state index < -0.39 is 0 Å². The van der Waals surface area contributed by atoms with E-state index in [1.54, 1.807) is 30.3 Å². The molecule has 0 aliphatic rings. The number of aromatic nitrogens is 4. The molecular weight excluding hydrogens is 294 g/mol. The average molecular weight is 304 g/mol. The van der Waals surface area contributed by atoms with Crippen LogP contribution in [0.3, 0.4) is 0 Å². The van der Waals surface area contributed by atoms with Gasteiger partial charge in [-0.2, -0.15) is 4.98 Å². The summed E-state index contributed by atoms with van der Waals surface area (Å²) in [6, 6.07) is 8.38. The van der Waals surface area contributed by atoms with Gasteiger partial charge in [0, 0.05) is 16.8 Å².